The highest BCUT2D eigenvalue weighted by Gasteiger charge is 2.20. The second kappa shape index (κ2) is 8.66. The number of hydrogen-bond acceptors (Lipinski definition) is 6. The van der Waals surface area contributed by atoms with E-state index < -0.39 is 0 Å². The number of aromatic nitrogens is 4. The zero-order chi connectivity index (χ0) is 22.1. The van der Waals surface area contributed by atoms with Crippen LogP contribution in [0.4, 0.5) is 11.6 Å². The number of hydrogen-bond donors (Lipinski definition) is 1. The molecule has 0 saturated carbocycles. The maximum atomic E-state index is 12.8. The summed E-state index contributed by atoms with van der Waals surface area (Å²) >= 11 is 3.39. The van der Waals surface area contributed by atoms with Crippen molar-refractivity contribution in [3.05, 3.63) is 63.6 Å². The van der Waals surface area contributed by atoms with Crippen LogP contribution in [-0.4, -0.2) is 38.5 Å². The van der Waals surface area contributed by atoms with E-state index in [2.05, 4.69) is 36.1 Å². The molecule has 2 aromatic carbocycles. The van der Waals surface area contributed by atoms with Gasteiger partial charge in [0.2, 0.25) is 5.91 Å². The summed E-state index contributed by atoms with van der Waals surface area (Å²) in [5.74, 6) is 0.934. The highest BCUT2D eigenvalue weighted by molar-refractivity contribution is 9.10. The smallest absolute Gasteiger partial charge is 0.261 e. The van der Waals surface area contributed by atoms with Crippen molar-refractivity contribution in [2.24, 2.45) is 0 Å². The van der Waals surface area contributed by atoms with Gasteiger partial charge < -0.3 is 10.2 Å². The zero-order valence-electron chi connectivity index (χ0n) is 17.3. The first kappa shape index (κ1) is 20.6. The Hall–Kier alpha value is -3.33. The monoisotopic (exact) mass is 492 g/mol. The van der Waals surface area contributed by atoms with Crippen LogP contribution in [0.3, 0.4) is 0 Å². The van der Waals surface area contributed by atoms with Crippen LogP contribution in [0.25, 0.3) is 21.9 Å². The Morgan fingerprint density at radius 3 is 2.56 bits per heavy atom. The largest absolute Gasteiger partial charge is 0.354 e. The number of anilines is 2. The summed E-state index contributed by atoms with van der Waals surface area (Å²) in [4.78, 5) is 41.5. The molecule has 32 heavy (non-hydrogen) atoms. The van der Waals surface area contributed by atoms with Crippen molar-refractivity contribution in [1.82, 2.24) is 19.5 Å². The summed E-state index contributed by atoms with van der Waals surface area (Å²) in [5, 5.41) is 3.43. The van der Waals surface area contributed by atoms with E-state index in [9.17, 15) is 9.59 Å². The quantitative estimate of drug-likeness (QED) is 0.456. The van der Waals surface area contributed by atoms with Crippen LogP contribution in [0.1, 0.15) is 19.3 Å². The van der Waals surface area contributed by atoms with Gasteiger partial charge in [0.1, 0.15) is 0 Å². The van der Waals surface area contributed by atoms with Gasteiger partial charge in [-0.2, -0.15) is 0 Å². The van der Waals surface area contributed by atoms with Crippen LogP contribution in [-0.2, 0) is 11.3 Å². The second-order valence-electron chi connectivity index (χ2n) is 7.78. The number of nitrogens with zero attached hydrogens (tertiary/aromatic N) is 5. The van der Waals surface area contributed by atoms with Crippen LogP contribution in [0.2, 0.25) is 0 Å². The number of benzene rings is 2. The van der Waals surface area contributed by atoms with Crippen molar-refractivity contribution in [2.75, 3.05) is 23.3 Å². The van der Waals surface area contributed by atoms with Gasteiger partial charge in [-0.25, -0.2) is 15.0 Å². The lowest BCUT2D eigenvalue weighted by Crippen LogP contribution is -2.25. The number of carbonyl (C=O) groups is 1. The molecule has 162 valence electrons. The standard InChI is InChI=1S/C23H21BrN6O2/c24-15-7-8-17-16(13-15)23(32)30(14-25-17)12-9-20(31)28-21-22(29-10-3-4-11-29)27-19-6-2-1-5-18(19)26-21/h1-2,5-8,13-14H,3-4,9-12H2,(H,26,28,31). The number of fused-ring (bicyclic) bond motifs is 2. The van der Waals surface area contributed by atoms with E-state index in [-0.39, 0.29) is 24.4 Å². The minimum Gasteiger partial charge on any atom is -0.354 e. The lowest BCUT2D eigenvalue weighted by molar-refractivity contribution is -0.116. The van der Waals surface area contributed by atoms with Crippen molar-refractivity contribution >= 4 is 55.4 Å². The Labute approximate surface area is 192 Å². The predicted octanol–water partition coefficient (Wildman–Crippen LogP) is 3.73. The maximum absolute atomic E-state index is 12.8. The third-order valence-electron chi connectivity index (χ3n) is 5.58. The lowest BCUT2D eigenvalue weighted by atomic mass is 10.2. The number of amides is 1. The molecular weight excluding hydrogens is 472 g/mol. The van der Waals surface area contributed by atoms with E-state index in [0.29, 0.717) is 22.5 Å². The molecule has 4 aromatic rings. The number of para-hydroxylation sites is 2. The molecule has 1 aliphatic rings. The molecule has 5 rings (SSSR count). The van der Waals surface area contributed by atoms with Crippen LogP contribution >= 0.6 is 15.9 Å². The van der Waals surface area contributed by atoms with Gasteiger partial charge in [0, 0.05) is 30.5 Å². The average Bonchev–Trinajstić information content (AvgIpc) is 3.33. The predicted molar refractivity (Wildman–Crippen MR) is 128 cm³/mol. The molecule has 0 radical (unpaired) electrons. The third kappa shape index (κ3) is 4.08. The molecule has 0 unspecified atom stereocenters. The summed E-state index contributed by atoms with van der Waals surface area (Å²) in [7, 11) is 0. The number of aryl methyl sites for hydroxylation is 1. The summed E-state index contributed by atoms with van der Waals surface area (Å²) < 4.78 is 2.27. The van der Waals surface area contributed by atoms with Gasteiger partial charge >= 0.3 is 0 Å². The van der Waals surface area contributed by atoms with E-state index in [1.165, 1.54) is 10.9 Å². The molecule has 9 heteroatoms. The second-order valence-corrected chi connectivity index (χ2v) is 8.70. The SMILES string of the molecule is O=C(CCn1cnc2ccc(Br)cc2c1=O)Nc1nc2ccccc2nc1N1CCCC1. The van der Waals surface area contributed by atoms with E-state index >= 15 is 0 Å². The summed E-state index contributed by atoms with van der Waals surface area (Å²) in [5.41, 5.74) is 1.98. The van der Waals surface area contributed by atoms with Crippen molar-refractivity contribution < 1.29 is 4.79 Å². The first-order valence-corrected chi connectivity index (χ1v) is 11.3. The fourth-order valence-corrected chi connectivity index (χ4v) is 4.29. The van der Waals surface area contributed by atoms with Crippen molar-refractivity contribution in [1.29, 1.82) is 0 Å². The minimum absolute atomic E-state index is 0.120. The van der Waals surface area contributed by atoms with E-state index in [4.69, 9.17) is 4.98 Å². The Bertz CT molecular complexity index is 1380. The Morgan fingerprint density at radius 1 is 1.03 bits per heavy atom. The fraction of sp³-hybridized carbons (Fsp3) is 0.261. The first-order valence-electron chi connectivity index (χ1n) is 10.5. The van der Waals surface area contributed by atoms with E-state index in [1.54, 1.807) is 12.1 Å². The van der Waals surface area contributed by atoms with Crippen LogP contribution in [0.15, 0.2) is 58.1 Å². The molecule has 0 atom stereocenters. The van der Waals surface area contributed by atoms with Crippen LogP contribution in [0, 0.1) is 0 Å². The third-order valence-corrected chi connectivity index (χ3v) is 6.07. The van der Waals surface area contributed by atoms with E-state index in [0.717, 1.165) is 41.4 Å². The number of rotatable bonds is 5. The van der Waals surface area contributed by atoms with Crippen molar-refractivity contribution in [3.63, 3.8) is 0 Å². The highest BCUT2D eigenvalue weighted by Crippen LogP contribution is 2.28. The molecule has 0 spiro atoms. The van der Waals surface area contributed by atoms with Gasteiger partial charge in [-0.05, 0) is 43.2 Å². The molecule has 1 fully saturated rings. The number of halogens is 1. The summed E-state index contributed by atoms with van der Waals surface area (Å²) in [6.07, 6.45) is 3.79. The number of carbonyl (C=O) groups excluding carboxylic acids is 1. The average molecular weight is 493 g/mol. The highest BCUT2D eigenvalue weighted by atomic mass is 79.9. The normalized spacial score (nSPS) is 13.7. The Morgan fingerprint density at radius 2 is 1.78 bits per heavy atom. The molecule has 8 nitrogen and oxygen atoms in total. The first-order chi connectivity index (χ1) is 15.6. The molecule has 1 N–H and O–H groups in total. The minimum atomic E-state index is -0.226. The summed E-state index contributed by atoms with van der Waals surface area (Å²) in [6, 6.07) is 13.0. The zero-order valence-corrected chi connectivity index (χ0v) is 18.9. The molecule has 2 aromatic heterocycles. The van der Waals surface area contributed by atoms with E-state index in [1.807, 2.05) is 30.3 Å². The van der Waals surface area contributed by atoms with Crippen molar-refractivity contribution in [3.8, 4) is 0 Å². The van der Waals surface area contributed by atoms with Crippen molar-refractivity contribution in [2.45, 2.75) is 25.8 Å². The van der Waals surface area contributed by atoms with Gasteiger partial charge in [-0.1, -0.05) is 28.1 Å². The fourth-order valence-electron chi connectivity index (χ4n) is 3.93. The molecular formula is C23H21BrN6O2. The lowest BCUT2D eigenvalue weighted by Gasteiger charge is -2.20. The van der Waals surface area contributed by atoms with Gasteiger partial charge in [-0.15, -0.1) is 0 Å². The van der Waals surface area contributed by atoms with Gasteiger partial charge in [-0.3, -0.25) is 14.2 Å². The topological polar surface area (TPSA) is 93.0 Å². The molecule has 0 bridgehead atoms. The maximum Gasteiger partial charge on any atom is 0.261 e. The molecule has 1 aliphatic heterocycles. The summed E-state index contributed by atoms with van der Waals surface area (Å²) in [6.45, 7) is 2.01. The van der Waals surface area contributed by atoms with Crippen LogP contribution in [0.5, 0.6) is 0 Å². The van der Waals surface area contributed by atoms with Gasteiger partial charge in [0.25, 0.3) is 5.56 Å². The molecule has 0 aliphatic carbocycles. The van der Waals surface area contributed by atoms with Crippen LogP contribution < -0.4 is 15.8 Å². The number of nitrogens with one attached hydrogen (secondary N) is 1. The Kier molecular flexibility index (Phi) is 5.57. The molecule has 3 heterocycles. The van der Waals surface area contributed by atoms with Gasteiger partial charge in [0.15, 0.2) is 11.6 Å². The molecule has 1 amide bonds. The van der Waals surface area contributed by atoms with Gasteiger partial charge in [0.05, 0.1) is 28.3 Å². The molecule has 1 saturated heterocycles. The Balaban J connectivity index is 1.37.